The summed E-state index contributed by atoms with van der Waals surface area (Å²) in [5.74, 6) is 0.0226. The number of nitrogens with one attached hydrogen (secondary N) is 1. The van der Waals surface area contributed by atoms with Gasteiger partial charge in [0.2, 0.25) is 0 Å². The number of phenols is 1. The Morgan fingerprint density at radius 2 is 1.65 bits per heavy atom. The van der Waals surface area contributed by atoms with Gasteiger partial charge in [-0.15, -0.1) is 0 Å². The van der Waals surface area contributed by atoms with E-state index in [0.717, 1.165) is 66.2 Å². The van der Waals surface area contributed by atoms with Gasteiger partial charge in [-0.25, -0.2) is 4.79 Å². The number of pyridine rings is 1. The number of aromatic hydroxyl groups is 1. The van der Waals surface area contributed by atoms with E-state index in [2.05, 4.69) is 10.3 Å². The maximum atomic E-state index is 13.3. The standard InChI is InChI=1S/C31H35Cl2N3O4/c1-31(2,3)40-30(39)36(4)21-10-8-20(9-11-21)35-27-22-13-18(19-14-24(32)29(38)25(33)15-19)7-12-26(22)34-16-23(27)28(37)17-5-6-17/h7,12-17,20-21,38H,5-6,8-11H2,1-4H3,(H,34,35)/t20-,21-. The van der Waals surface area contributed by atoms with E-state index in [-0.39, 0.29) is 45.7 Å². The summed E-state index contributed by atoms with van der Waals surface area (Å²) in [7, 11) is 1.80. The Bertz CT molecular complexity index is 1430. The van der Waals surface area contributed by atoms with Crippen LogP contribution in [0.15, 0.2) is 36.5 Å². The maximum Gasteiger partial charge on any atom is 0.410 e. The fraction of sp³-hybridized carbons (Fsp3) is 0.452. The lowest BCUT2D eigenvalue weighted by atomic mass is 9.89. The van der Waals surface area contributed by atoms with E-state index in [1.165, 1.54) is 0 Å². The Morgan fingerprint density at radius 3 is 2.25 bits per heavy atom. The summed E-state index contributed by atoms with van der Waals surface area (Å²) in [6, 6.07) is 9.43. The first-order valence-corrected chi connectivity index (χ1v) is 14.5. The molecule has 2 N–H and O–H groups in total. The summed E-state index contributed by atoms with van der Waals surface area (Å²) in [5, 5.41) is 14.9. The number of carbonyl (C=O) groups is 2. The van der Waals surface area contributed by atoms with Crippen molar-refractivity contribution in [2.24, 2.45) is 5.92 Å². The Balaban J connectivity index is 1.43. The predicted octanol–water partition coefficient (Wildman–Crippen LogP) is 8.10. The molecule has 1 amide bonds. The predicted molar refractivity (Wildman–Crippen MR) is 160 cm³/mol. The van der Waals surface area contributed by atoms with E-state index in [4.69, 9.17) is 27.9 Å². The highest BCUT2D eigenvalue weighted by molar-refractivity contribution is 6.37. The van der Waals surface area contributed by atoms with E-state index in [9.17, 15) is 14.7 Å². The third-order valence-electron chi connectivity index (χ3n) is 7.71. The minimum Gasteiger partial charge on any atom is -0.505 e. The third kappa shape index (κ3) is 6.16. The van der Waals surface area contributed by atoms with Crippen LogP contribution >= 0.6 is 23.2 Å². The van der Waals surface area contributed by atoms with Gasteiger partial charge in [-0.2, -0.15) is 0 Å². The number of rotatable bonds is 6. The zero-order valence-electron chi connectivity index (χ0n) is 23.3. The van der Waals surface area contributed by atoms with Crippen LogP contribution < -0.4 is 5.32 Å². The highest BCUT2D eigenvalue weighted by Gasteiger charge is 2.34. The van der Waals surface area contributed by atoms with Gasteiger partial charge in [0.15, 0.2) is 11.5 Å². The number of halogens is 2. The van der Waals surface area contributed by atoms with Crippen LogP contribution in [0.3, 0.4) is 0 Å². The number of hydrogen-bond donors (Lipinski definition) is 2. The lowest BCUT2D eigenvalue weighted by Crippen LogP contribution is -2.43. The number of nitrogens with zero attached hydrogens (tertiary/aromatic N) is 2. The smallest absolute Gasteiger partial charge is 0.410 e. The number of anilines is 1. The monoisotopic (exact) mass is 583 g/mol. The van der Waals surface area contributed by atoms with Gasteiger partial charge in [0, 0.05) is 36.6 Å². The number of fused-ring (bicyclic) bond motifs is 1. The van der Waals surface area contributed by atoms with Crippen molar-refractivity contribution in [2.75, 3.05) is 12.4 Å². The van der Waals surface area contributed by atoms with Gasteiger partial charge in [-0.05, 0) is 94.7 Å². The first-order valence-electron chi connectivity index (χ1n) is 13.8. The van der Waals surface area contributed by atoms with Crippen LogP contribution in [0.5, 0.6) is 5.75 Å². The number of hydrogen-bond acceptors (Lipinski definition) is 6. The summed E-state index contributed by atoms with van der Waals surface area (Å²) in [6.45, 7) is 5.61. The Labute approximate surface area is 244 Å². The van der Waals surface area contributed by atoms with E-state index in [0.29, 0.717) is 5.56 Å². The van der Waals surface area contributed by atoms with Gasteiger partial charge < -0.3 is 20.1 Å². The van der Waals surface area contributed by atoms with Crippen molar-refractivity contribution in [1.82, 2.24) is 9.88 Å². The number of aromatic nitrogens is 1. The van der Waals surface area contributed by atoms with Gasteiger partial charge in [0.25, 0.3) is 0 Å². The normalized spacial score (nSPS) is 19.4. The topological polar surface area (TPSA) is 91.8 Å². The van der Waals surface area contributed by atoms with Gasteiger partial charge in [-0.1, -0.05) is 29.3 Å². The SMILES string of the molecule is CN(C(=O)OC(C)(C)C)[C@H]1CC[C@H](Nc2c(C(=O)C3CC3)cnc3ccc(-c4cc(Cl)c(O)c(Cl)c4)cc23)CC1. The number of benzene rings is 2. The first kappa shape index (κ1) is 28.5. The second-order valence-corrected chi connectivity index (χ2v) is 12.8. The molecule has 7 nitrogen and oxygen atoms in total. The van der Waals surface area contributed by atoms with Gasteiger partial charge in [-0.3, -0.25) is 9.78 Å². The number of ketones is 1. The summed E-state index contributed by atoms with van der Waals surface area (Å²) >= 11 is 12.4. The fourth-order valence-corrected chi connectivity index (χ4v) is 5.79. The van der Waals surface area contributed by atoms with E-state index in [1.54, 1.807) is 30.3 Å². The minimum absolute atomic E-state index is 0.0518. The number of amides is 1. The van der Waals surface area contributed by atoms with E-state index >= 15 is 0 Å². The maximum absolute atomic E-state index is 13.3. The number of carbonyl (C=O) groups excluding carboxylic acids is 2. The molecule has 0 atom stereocenters. The van der Waals surface area contributed by atoms with E-state index in [1.807, 2.05) is 39.0 Å². The average molecular weight is 585 g/mol. The Kier molecular flexibility index (Phi) is 7.90. The number of ether oxygens (including phenoxy) is 1. The van der Waals surface area contributed by atoms with Crippen molar-refractivity contribution in [1.29, 1.82) is 0 Å². The van der Waals surface area contributed by atoms with Crippen LogP contribution in [0.25, 0.3) is 22.0 Å². The highest BCUT2D eigenvalue weighted by Crippen LogP contribution is 2.40. The molecule has 0 bridgehead atoms. The van der Waals surface area contributed by atoms with E-state index < -0.39 is 5.60 Å². The van der Waals surface area contributed by atoms with Crippen LogP contribution in [0.4, 0.5) is 10.5 Å². The van der Waals surface area contributed by atoms with Crippen LogP contribution in [0.2, 0.25) is 10.0 Å². The van der Waals surface area contributed by atoms with Gasteiger partial charge >= 0.3 is 6.09 Å². The van der Waals surface area contributed by atoms with Crippen molar-refractivity contribution >= 4 is 51.7 Å². The summed E-state index contributed by atoms with van der Waals surface area (Å²) in [6.07, 6.45) is 6.56. The quantitative estimate of drug-likeness (QED) is 0.285. The number of phenolic OH excluding ortho intramolecular Hbond substituents is 1. The second kappa shape index (κ2) is 11.1. The summed E-state index contributed by atoms with van der Waals surface area (Å²) in [4.78, 5) is 32.3. The molecule has 5 rings (SSSR count). The van der Waals surface area contributed by atoms with Crippen molar-refractivity contribution in [3.63, 3.8) is 0 Å². The molecule has 0 saturated heterocycles. The van der Waals surface area contributed by atoms with Crippen molar-refractivity contribution in [3.8, 4) is 16.9 Å². The molecule has 9 heteroatoms. The Morgan fingerprint density at radius 1 is 1.00 bits per heavy atom. The lowest BCUT2D eigenvalue weighted by Gasteiger charge is -2.36. The number of Topliss-reactive ketones (excluding diaryl/α,β-unsaturated/α-hetero) is 1. The molecule has 3 aromatic rings. The summed E-state index contributed by atoms with van der Waals surface area (Å²) < 4.78 is 5.56. The van der Waals surface area contributed by atoms with Crippen molar-refractivity contribution in [3.05, 3.63) is 52.1 Å². The largest absolute Gasteiger partial charge is 0.505 e. The lowest BCUT2D eigenvalue weighted by molar-refractivity contribution is 0.0185. The molecule has 0 radical (unpaired) electrons. The van der Waals surface area contributed by atoms with Crippen LogP contribution in [0.1, 0.15) is 69.7 Å². The molecule has 2 aliphatic rings. The average Bonchev–Trinajstić information content (AvgIpc) is 3.76. The van der Waals surface area contributed by atoms with Crippen LogP contribution in [0, 0.1) is 5.92 Å². The Hall–Kier alpha value is -3.03. The molecular weight excluding hydrogens is 549 g/mol. The molecule has 1 heterocycles. The molecule has 2 aromatic carbocycles. The molecule has 2 saturated carbocycles. The van der Waals surface area contributed by atoms with Gasteiger partial charge in [0.1, 0.15) is 5.60 Å². The molecule has 40 heavy (non-hydrogen) atoms. The molecule has 2 fully saturated rings. The molecular formula is C31H35Cl2N3O4. The minimum atomic E-state index is -0.535. The zero-order chi connectivity index (χ0) is 28.8. The third-order valence-corrected chi connectivity index (χ3v) is 8.28. The first-order chi connectivity index (χ1) is 18.9. The van der Waals surface area contributed by atoms with Crippen LogP contribution in [-0.4, -0.2) is 51.6 Å². The molecule has 0 aliphatic heterocycles. The molecule has 0 unspecified atom stereocenters. The molecule has 2 aliphatic carbocycles. The molecule has 1 aromatic heterocycles. The molecule has 0 spiro atoms. The van der Waals surface area contributed by atoms with Gasteiger partial charge in [0.05, 0.1) is 26.8 Å². The summed E-state index contributed by atoms with van der Waals surface area (Å²) in [5.41, 5.74) is 3.25. The fourth-order valence-electron chi connectivity index (χ4n) is 5.31. The molecule has 212 valence electrons. The highest BCUT2D eigenvalue weighted by atomic mass is 35.5. The van der Waals surface area contributed by atoms with Crippen molar-refractivity contribution < 1.29 is 19.4 Å². The van der Waals surface area contributed by atoms with Crippen molar-refractivity contribution in [2.45, 2.75) is 77.0 Å². The van der Waals surface area contributed by atoms with Crippen LogP contribution in [-0.2, 0) is 4.74 Å². The zero-order valence-corrected chi connectivity index (χ0v) is 24.8. The second-order valence-electron chi connectivity index (χ2n) is 11.9.